The highest BCUT2D eigenvalue weighted by Gasteiger charge is 2.23. The summed E-state index contributed by atoms with van der Waals surface area (Å²) in [6, 6.07) is 21.8. The summed E-state index contributed by atoms with van der Waals surface area (Å²) < 4.78 is 13.6. The second-order valence-electron chi connectivity index (χ2n) is 11.0. The van der Waals surface area contributed by atoms with Crippen LogP contribution in [0.1, 0.15) is 50.3 Å². The Hall–Kier alpha value is -4.13. The van der Waals surface area contributed by atoms with Crippen molar-refractivity contribution in [3.05, 3.63) is 102 Å². The number of aromatic nitrogens is 1. The second-order valence-corrected chi connectivity index (χ2v) is 11.0. The van der Waals surface area contributed by atoms with Crippen molar-refractivity contribution in [3.63, 3.8) is 0 Å². The molecule has 3 aromatic carbocycles. The third kappa shape index (κ3) is 7.72. The van der Waals surface area contributed by atoms with E-state index in [-0.39, 0.29) is 30.2 Å². The highest BCUT2D eigenvalue weighted by atomic mass is 19.1. The molecule has 0 radical (unpaired) electrons. The predicted molar refractivity (Wildman–Crippen MR) is 160 cm³/mol. The van der Waals surface area contributed by atoms with Crippen molar-refractivity contribution in [2.45, 2.75) is 46.6 Å². The number of aromatic amines is 1. The van der Waals surface area contributed by atoms with Crippen molar-refractivity contribution >= 4 is 28.5 Å². The molecule has 0 fully saturated rings. The lowest BCUT2D eigenvalue weighted by Crippen LogP contribution is -2.46. The van der Waals surface area contributed by atoms with Gasteiger partial charge in [0.2, 0.25) is 5.91 Å². The zero-order valence-corrected chi connectivity index (χ0v) is 23.8. The van der Waals surface area contributed by atoms with E-state index >= 15 is 0 Å². The van der Waals surface area contributed by atoms with Gasteiger partial charge in [-0.05, 0) is 65.3 Å². The zero-order chi connectivity index (χ0) is 28.6. The summed E-state index contributed by atoms with van der Waals surface area (Å²) in [6.45, 7) is 9.48. The number of para-hydroxylation sites is 1. The number of fused-ring (bicyclic) bond motifs is 1. The van der Waals surface area contributed by atoms with Crippen LogP contribution in [0.2, 0.25) is 0 Å². The van der Waals surface area contributed by atoms with Crippen molar-refractivity contribution < 1.29 is 14.0 Å². The second kappa shape index (κ2) is 13.3. The van der Waals surface area contributed by atoms with Crippen molar-refractivity contribution in [1.29, 1.82) is 0 Å². The van der Waals surface area contributed by atoms with Crippen LogP contribution in [0, 0.1) is 11.7 Å². The Morgan fingerprint density at radius 1 is 0.900 bits per heavy atom. The molecule has 7 heteroatoms. The maximum Gasteiger partial charge on any atom is 0.322 e. The Kier molecular flexibility index (Phi) is 9.59. The number of hydrogen-bond acceptors (Lipinski definition) is 2. The van der Waals surface area contributed by atoms with E-state index in [0.29, 0.717) is 37.7 Å². The molecule has 0 atom stereocenters. The van der Waals surface area contributed by atoms with Crippen LogP contribution in [0.3, 0.4) is 0 Å². The number of urea groups is 1. The van der Waals surface area contributed by atoms with Crippen molar-refractivity contribution in [2.24, 2.45) is 5.92 Å². The van der Waals surface area contributed by atoms with Gasteiger partial charge >= 0.3 is 6.03 Å². The molecule has 4 rings (SSSR count). The molecular formula is C33H39FN4O2. The molecule has 0 bridgehead atoms. The Balaban J connectivity index is 1.50. The van der Waals surface area contributed by atoms with E-state index in [0.717, 1.165) is 22.0 Å². The molecule has 0 aliphatic rings. The third-order valence-electron chi connectivity index (χ3n) is 6.99. The van der Waals surface area contributed by atoms with Crippen molar-refractivity contribution in [2.75, 3.05) is 25.0 Å². The van der Waals surface area contributed by atoms with Crippen LogP contribution >= 0.6 is 0 Å². The summed E-state index contributed by atoms with van der Waals surface area (Å²) in [5, 5.41) is 4.08. The molecule has 0 aliphatic heterocycles. The molecular weight excluding hydrogens is 503 g/mol. The molecule has 0 unspecified atom stereocenters. The number of nitrogens with one attached hydrogen (secondary N) is 2. The number of carbonyl (C=O) groups is 2. The summed E-state index contributed by atoms with van der Waals surface area (Å²) in [5.41, 5.74) is 4.89. The van der Waals surface area contributed by atoms with Crippen LogP contribution in [-0.4, -0.2) is 46.4 Å². The Bertz CT molecular complexity index is 1410. The van der Waals surface area contributed by atoms with Crippen LogP contribution in [-0.2, 0) is 17.8 Å². The number of nitrogens with zero attached hydrogens (tertiary/aromatic N) is 2. The first-order chi connectivity index (χ1) is 19.2. The molecule has 3 amide bonds. The van der Waals surface area contributed by atoms with Crippen molar-refractivity contribution in [1.82, 2.24) is 14.8 Å². The summed E-state index contributed by atoms with van der Waals surface area (Å²) in [4.78, 5) is 33.7. The normalized spacial score (nSPS) is 11.3. The summed E-state index contributed by atoms with van der Waals surface area (Å²) in [7, 11) is 0. The van der Waals surface area contributed by atoms with Crippen LogP contribution in [0.25, 0.3) is 10.9 Å². The molecule has 40 heavy (non-hydrogen) atoms. The highest BCUT2D eigenvalue weighted by molar-refractivity contribution is 5.92. The average molecular weight is 543 g/mol. The third-order valence-corrected chi connectivity index (χ3v) is 6.99. The first-order valence-corrected chi connectivity index (χ1v) is 13.9. The quantitative estimate of drug-likeness (QED) is 0.211. The maximum absolute atomic E-state index is 13.7. The Morgan fingerprint density at radius 2 is 1.60 bits per heavy atom. The van der Waals surface area contributed by atoms with Gasteiger partial charge in [-0.2, -0.15) is 0 Å². The molecule has 6 nitrogen and oxygen atoms in total. The van der Waals surface area contributed by atoms with Gasteiger partial charge in [0, 0.05) is 42.4 Å². The zero-order valence-electron chi connectivity index (χ0n) is 23.8. The molecule has 0 spiro atoms. The number of rotatable bonds is 11. The SMILES string of the molecule is CC(C)CN(CC(=O)N(CCc1c[nH]c2ccccc12)Cc1ccc(F)cc1)C(=O)Nc1ccc(C(C)C)cc1. The van der Waals surface area contributed by atoms with Gasteiger partial charge in [-0.1, -0.05) is 70.2 Å². The van der Waals surface area contributed by atoms with E-state index < -0.39 is 0 Å². The lowest BCUT2D eigenvalue weighted by Gasteiger charge is -2.29. The first-order valence-electron chi connectivity index (χ1n) is 13.9. The van der Waals surface area contributed by atoms with E-state index in [1.54, 1.807) is 21.9 Å². The van der Waals surface area contributed by atoms with Gasteiger partial charge in [-0.3, -0.25) is 4.79 Å². The minimum Gasteiger partial charge on any atom is -0.361 e. The molecule has 0 aliphatic carbocycles. The van der Waals surface area contributed by atoms with E-state index in [1.807, 2.05) is 62.5 Å². The molecule has 0 saturated carbocycles. The first kappa shape index (κ1) is 28.9. The lowest BCUT2D eigenvalue weighted by molar-refractivity contribution is -0.132. The van der Waals surface area contributed by atoms with Crippen LogP contribution in [0.4, 0.5) is 14.9 Å². The minimum absolute atomic E-state index is 0.0524. The smallest absolute Gasteiger partial charge is 0.322 e. The fourth-order valence-electron chi connectivity index (χ4n) is 4.77. The molecule has 4 aromatic rings. The molecule has 2 N–H and O–H groups in total. The number of benzene rings is 3. The maximum atomic E-state index is 13.7. The average Bonchev–Trinajstić information content (AvgIpc) is 3.34. The van der Waals surface area contributed by atoms with Gasteiger partial charge in [-0.25, -0.2) is 9.18 Å². The molecule has 1 heterocycles. The molecule has 0 saturated heterocycles. The summed E-state index contributed by atoms with van der Waals surface area (Å²) in [6.07, 6.45) is 2.63. The number of hydrogen-bond donors (Lipinski definition) is 2. The number of amides is 3. The summed E-state index contributed by atoms with van der Waals surface area (Å²) >= 11 is 0. The van der Waals surface area contributed by atoms with E-state index in [9.17, 15) is 14.0 Å². The van der Waals surface area contributed by atoms with Crippen molar-refractivity contribution in [3.8, 4) is 0 Å². The number of carbonyl (C=O) groups excluding carboxylic acids is 2. The topological polar surface area (TPSA) is 68.4 Å². The Morgan fingerprint density at radius 3 is 2.27 bits per heavy atom. The standard InChI is InChI=1S/C33H39FN4O2/c1-23(2)20-38(33(40)36-29-15-11-26(12-16-29)24(3)4)22-32(39)37(21-25-9-13-28(34)14-10-25)18-17-27-19-35-31-8-6-5-7-30(27)31/h5-16,19,23-24,35H,17-18,20-22H2,1-4H3,(H,36,40). The van der Waals surface area contributed by atoms with Gasteiger partial charge in [0.25, 0.3) is 0 Å². The number of halogens is 1. The van der Waals surface area contributed by atoms with Gasteiger partial charge < -0.3 is 20.1 Å². The number of anilines is 1. The number of H-pyrrole nitrogens is 1. The Labute approximate surface area is 236 Å². The van der Waals surface area contributed by atoms with Crippen LogP contribution in [0.5, 0.6) is 0 Å². The van der Waals surface area contributed by atoms with Crippen LogP contribution < -0.4 is 5.32 Å². The predicted octanol–water partition coefficient (Wildman–Crippen LogP) is 7.19. The van der Waals surface area contributed by atoms with Crippen LogP contribution in [0.15, 0.2) is 79.0 Å². The summed E-state index contributed by atoms with van der Waals surface area (Å²) in [5.74, 6) is 0.103. The highest BCUT2D eigenvalue weighted by Crippen LogP contribution is 2.20. The van der Waals surface area contributed by atoms with Gasteiger partial charge in [0.05, 0.1) is 0 Å². The van der Waals surface area contributed by atoms with Gasteiger partial charge in [0.15, 0.2) is 0 Å². The van der Waals surface area contributed by atoms with E-state index in [2.05, 4.69) is 30.2 Å². The van der Waals surface area contributed by atoms with E-state index in [1.165, 1.54) is 17.7 Å². The fourth-order valence-corrected chi connectivity index (χ4v) is 4.77. The van der Waals surface area contributed by atoms with Gasteiger partial charge in [0.1, 0.15) is 12.4 Å². The monoisotopic (exact) mass is 542 g/mol. The lowest BCUT2D eigenvalue weighted by atomic mass is 10.0. The molecule has 210 valence electrons. The fraction of sp³-hybridized carbons (Fsp3) is 0.333. The minimum atomic E-state index is -0.318. The largest absolute Gasteiger partial charge is 0.361 e. The molecule has 1 aromatic heterocycles. The van der Waals surface area contributed by atoms with E-state index in [4.69, 9.17) is 0 Å². The van der Waals surface area contributed by atoms with Gasteiger partial charge in [-0.15, -0.1) is 0 Å².